The molecule has 2 aromatic carbocycles. The van der Waals surface area contributed by atoms with Crippen molar-refractivity contribution in [3.63, 3.8) is 0 Å². The van der Waals surface area contributed by atoms with Gasteiger partial charge in [-0.05, 0) is 29.9 Å². The second-order valence-electron chi connectivity index (χ2n) is 4.44. The Balaban J connectivity index is 1.96. The quantitative estimate of drug-likeness (QED) is 0.449. The number of ether oxygens (including phenoxy) is 1. The Morgan fingerprint density at radius 2 is 2.05 bits per heavy atom. The van der Waals surface area contributed by atoms with Gasteiger partial charge in [0.2, 0.25) is 0 Å². The number of benzene rings is 2. The fourth-order valence-electron chi connectivity index (χ4n) is 1.68. The van der Waals surface area contributed by atoms with Gasteiger partial charge in [-0.25, -0.2) is 0 Å². The lowest BCUT2D eigenvalue weighted by molar-refractivity contribution is 0.304. The largest absolute Gasteiger partial charge is 0.507 e. The topological polar surface area (TPSA) is 65.9 Å². The van der Waals surface area contributed by atoms with Gasteiger partial charge >= 0.3 is 0 Å². The first-order valence-corrected chi connectivity index (χ1v) is 7.10. The zero-order valence-corrected chi connectivity index (χ0v) is 12.9. The Morgan fingerprint density at radius 1 is 1.27 bits per heavy atom. The maximum atomic E-state index is 9.96. The van der Waals surface area contributed by atoms with Crippen molar-refractivity contribution in [3.8, 4) is 11.5 Å². The summed E-state index contributed by atoms with van der Waals surface area (Å²) >= 11 is 4.89. The third kappa shape index (κ3) is 4.75. The van der Waals surface area contributed by atoms with Gasteiger partial charge < -0.3 is 15.2 Å². The molecule has 0 saturated carbocycles. The number of hydrazone groups is 1. The van der Waals surface area contributed by atoms with Crippen LogP contribution < -0.4 is 15.5 Å². The highest BCUT2D eigenvalue weighted by molar-refractivity contribution is 7.80. The van der Waals surface area contributed by atoms with Crippen LogP contribution in [0.4, 0.5) is 0 Å². The Morgan fingerprint density at radius 3 is 2.73 bits per heavy atom. The highest BCUT2D eigenvalue weighted by Gasteiger charge is 2.02. The van der Waals surface area contributed by atoms with Gasteiger partial charge in [-0.1, -0.05) is 30.3 Å². The van der Waals surface area contributed by atoms with E-state index in [1.54, 1.807) is 25.2 Å². The summed E-state index contributed by atoms with van der Waals surface area (Å²) < 4.78 is 5.64. The van der Waals surface area contributed by atoms with Crippen LogP contribution in [0.15, 0.2) is 53.6 Å². The Kier molecular flexibility index (Phi) is 5.73. The molecule has 6 heteroatoms. The summed E-state index contributed by atoms with van der Waals surface area (Å²) in [6, 6.07) is 14.9. The first-order valence-electron chi connectivity index (χ1n) is 6.69. The standard InChI is InChI=1S/C16H17N3O2S/c1-17-16(22)19-18-10-13-7-8-14(9-15(13)20)21-11-12-5-3-2-4-6-12/h2-10,20H,11H2,1H3,(H2,17,19,22)/b18-10+. The molecule has 114 valence electrons. The van der Waals surface area contributed by atoms with Crippen LogP contribution in [0, 0.1) is 0 Å². The third-order valence-corrected chi connectivity index (χ3v) is 3.14. The van der Waals surface area contributed by atoms with E-state index in [2.05, 4.69) is 15.8 Å². The molecule has 0 fully saturated rings. The van der Waals surface area contributed by atoms with Crippen LogP contribution in [0.3, 0.4) is 0 Å². The summed E-state index contributed by atoms with van der Waals surface area (Å²) in [5.41, 5.74) is 4.25. The maximum Gasteiger partial charge on any atom is 0.186 e. The first-order chi connectivity index (χ1) is 10.7. The molecule has 0 spiro atoms. The molecule has 0 aromatic heterocycles. The number of phenols is 1. The number of hydrogen-bond acceptors (Lipinski definition) is 4. The van der Waals surface area contributed by atoms with Crippen LogP contribution in [0.5, 0.6) is 11.5 Å². The number of aromatic hydroxyl groups is 1. The van der Waals surface area contributed by atoms with Gasteiger partial charge in [0.1, 0.15) is 18.1 Å². The summed E-state index contributed by atoms with van der Waals surface area (Å²) in [6.45, 7) is 0.450. The number of phenolic OH excluding ortho intramolecular Hbond substituents is 1. The summed E-state index contributed by atoms with van der Waals surface area (Å²) in [7, 11) is 1.70. The van der Waals surface area contributed by atoms with E-state index in [1.165, 1.54) is 6.21 Å². The van der Waals surface area contributed by atoms with Crippen molar-refractivity contribution in [2.75, 3.05) is 7.05 Å². The van der Waals surface area contributed by atoms with Crippen LogP contribution in [0.1, 0.15) is 11.1 Å². The van der Waals surface area contributed by atoms with Crippen molar-refractivity contribution in [1.82, 2.24) is 10.7 Å². The van der Waals surface area contributed by atoms with Crippen molar-refractivity contribution < 1.29 is 9.84 Å². The molecule has 5 nitrogen and oxygen atoms in total. The van der Waals surface area contributed by atoms with Gasteiger partial charge in [-0.2, -0.15) is 5.10 Å². The molecule has 0 amide bonds. The predicted octanol–water partition coefficient (Wildman–Crippen LogP) is 2.40. The van der Waals surface area contributed by atoms with Crippen molar-refractivity contribution in [1.29, 1.82) is 0 Å². The molecule has 2 rings (SSSR count). The second-order valence-corrected chi connectivity index (χ2v) is 4.85. The maximum absolute atomic E-state index is 9.96. The summed E-state index contributed by atoms with van der Waals surface area (Å²) in [4.78, 5) is 0. The zero-order chi connectivity index (χ0) is 15.8. The molecule has 0 saturated heterocycles. The summed E-state index contributed by atoms with van der Waals surface area (Å²) in [5.74, 6) is 0.684. The molecule has 0 bridgehead atoms. The van der Waals surface area contributed by atoms with E-state index in [0.29, 0.717) is 23.0 Å². The molecule has 0 atom stereocenters. The number of thiocarbonyl (C=S) groups is 1. The van der Waals surface area contributed by atoms with Crippen LogP contribution in [-0.4, -0.2) is 23.5 Å². The molecule has 3 N–H and O–H groups in total. The van der Waals surface area contributed by atoms with Crippen LogP contribution in [0.2, 0.25) is 0 Å². The van der Waals surface area contributed by atoms with Gasteiger partial charge in [0.15, 0.2) is 5.11 Å². The molecule has 0 unspecified atom stereocenters. The SMILES string of the molecule is CNC(=S)N/N=C/c1ccc(OCc2ccccc2)cc1O. The molecule has 2 aromatic rings. The number of rotatable bonds is 5. The molecule has 22 heavy (non-hydrogen) atoms. The van der Waals surface area contributed by atoms with Crippen molar-refractivity contribution in [2.24, 2.45) is 5.10 Å². The lowest BCUT2D eigenvalue weighted by atomic mass is 10.2. The lowest BCUT2D eigenvalue weighted by Gasteiger charge is -2.08. The van der Waals surface area contributed by atoms with Crippen LogP contribution >= 0.6 is 12.2 Å². The minimum absolute atomic E-state index is 0.0893. The number of hydrogen-bond donors (Lipinski definition) is 3. The Bertz CT molecular complexity index is 660. The van der Waals surface area contributed by atoms with E-state index in [0.717, 1.165) is 5.56 Å². The molecule has 0 radical (unpaired) electrons. The number of nitrogens with zero attached hydrogens (tertiary/aromatic N) is 1. The normalized spacial score (nSPS) is 10.4. The van der Waals surface area contributed by atoms with Crippen molar-refractivity contribution in [2.45, 2.75) is 6.61 Å². The van der Waals surface area contributed by atoms with Gasteiger partial charge in [0, 0.05) is 18.7 Å². The van der Waals surface area contributed by atoms with E-state index in [-0.39, 0.29) is 5.75 Å². The Hall–Kier alpha value is -2.60. The molecule has 0 heterocycles. The van der Waals surface area contributed by atoms with Crippen molar-refractivity contribution in [3.05, 3.63) is 59.7 Å². The van der Waals surface area contributed by atoms with E-state index < -0.39 is 0 Å². The van der Waals surface area contributed by atoms with Gasteiger partial charge in [0.25, 0.3) is 0 Å². The highest BCUT2D eigenvalue weighted by Crippen LogP contribution is 2.23. The third-order valence-electron chi connectivity index (χ3n) is 2.85. The highest BCUT2D eigenvalue weighted by atomic mass is 32.1. The average Bonchev–Trinajstić information content (AvgIpc) is 2.55. The van der Waals surface area contributed by atoms with Crippen LogP contribution in [-0.2, 0) is 6.61 Å². The lowest BCUT2D eigenvalue weighted by Crippen LogP contribution is -2.28. The average molecular weight is 315 g/mol. The summed E-state index contributed by atoms with van der Waals surface area (Å²) in [5, 5.41) is 17.0. The Labute approximate surface area is 134 Å². The van der Waals surface area contributed by atoms with E-state index >= 15 is 0 Å². The number of nitrogens with one attached hydrogen (secondary N) is 2. The van der Waals surface area contributed by atoms with E-state index in [4.69, 9.17) is 17.0 Å². The molecule has 0 aliphatic rings. The second kappa shape index (κ2) is 7.99. The minimum Gasteiger partial charge on any atom is -0.507 e. The molecule has 0 aliphatic heterocycles. The van der Waals surface area contributed by atoms with Crippen molar-refractivity contribution >= 4 is 23.5 Å². The summed E-state index contributed by atoms with van der Waals surface area (Å²) in [6.07, 6.45) is 1.49. The van der Waals surface area contributed by atoms with E-state index in [1.807, 2.05) is 30.3 Å². The molecule has 0 aliphatic carbocycles. The smallest absolute Gasteiger partial charge is 0.186 e. The van der Waals surface area contributed by atoms with Crippen LogP contribution in [0.25, 0.3) is 0 Å². The molecular weight excluding hydrogens is 298 g/mol. The van der Waals surface area contributed by atoms with Gasteiger partial charge in [-0.3, -0.25) is 5.43 Å². The molecular formula is C16H17N3O2S. The first kappa shape index (κ1) is 15.8. The zero-order valence-electron chi connectivity index (χ0n) is 12.1. The van der Waals surface area contributed by atoms with Gasteiger partial charge in [-0.15, -0.1) is 0 Å². The van der Waals surface area contributed by atoms with E-state index in [9.17, 15) is 5.11 Å². The van der Waals surface area contributed by atoms with Gasteiger partial charge in [0.05, 0.1) is 6.21 Å². The fraction of sp³-hybridized carbons (Fsp3) is 0.125. The minimum atomic E-state index is 0.0893. The fourth-order valence-corrected chi connectivity index (χ4v) is 1.73. The monoisotopic (exact) mass is 315 g/mol. The predicted molar refractivity (Wildman–Crippen MR) is 91.3 cm³/mol.